The summed E-state index contributed by atoms with van der Waals surface area (Å²) in [6.45, 7) is 0. The van der Waals surface area contributed by atoms with E-state index in [2.05, 4.69) is 28.5 Å². The van der Waals surface area contributed by atoms with Crippen molar-refractivity contribution in [3.63, 3.8) is 0 Å². The van der Waals surface area contributed by atoms with Crippen molar-refractivity contribution in [2.75, 3.05) is 6.26 Å². The molecule has 2 aromatic rings. The Morgan fingerprint density at radius 2 is 1.95 bits per heavy atom. The normalized spacial score (nSPS) is 17.5. The van der Waals surface area contributed by atoms with Crippen LogP contribution in [0.2, 0.25) is 0 Å². The maximum absolute atomic E-state index is 6.35. The quantitative estimate of drug-likeness (QED) is 0.935. The molecule has 0 radical (unpaired) electrons. The predicted octanol–water partition coefficient (Wildman–Crippen LogP) is 3.33. The van der Waals surface area contributed by atoms with Crippen molar-refractivity contribution in [3.05, 3.63) is 35.7 Å². The Labute approximate surface area is 123 Å². The fraction of sp³-hybridized carbons (Fsp3) is 0.467. The summed E-state index contributed by atoms with van der Waals surface area (Å²) in [5.74, 6) is 2.23. The number of hydrogen-bond donors (Lipinski definition) is 1. The molecule has 106 valence electrons. The number of nitrogens with two attached hydrogens (primary N) is 1. The highest BCUT2D eigenvalue weighted by Crippen LogP contribution is 2.35. The summed E-state index contributed by atoms with van der Waals surface area (Å²) < 4.78 is 5.38. The molecule has 20 heavy (non-hydrogen) atoms. The fourth-order valence-electron chi connectivity index (χ4n) is 2.68. The summed E-state index contributed by atoms with van der Waals surface area (Å²) in [5.41, 5.74) is 8.21. The minimum Gasteiger partial charge on any atom is -0.334 e. The minimum atomic E-state index is -0.388. The van der Waals surface area contributed by atoms with Gasteiger partial charge in [-0.1, -0.05) is 30.1 Å². The van der Waals surface area contributed by atoms with Gasteiger partial charge in [-0.3, -0.25) is 0 Å². The highest BCUT2D eigenvalue weighted by Gasteiger charge is 2.36. The van der Waals surface area contributed by atoms with E-state index >= 15 is 0 Å². The predicted molar refractivity (Wildman–Crippen MR) is 81.3 cm³/mol. The molecule has 1 aliphatic carbocycles. The van der Waals surface area contributed by atoms with E-state index in [0.29, 0.717) is 11.7 Å². The second kappa shape index (κ2) is 5.58. The van der Waals surface area contributed by atoms with Crippen LogP contribution < -0.4 is 5.73 Å². The Morgan fingerprint density at radius 3 is 2.60 bits per heavy atom. The zero-order valence-electron chi connectivity index (χ0n) is 11.6. The molecular formula is C15H19N3OS. The molecule has 1 aromatic heterocycles. The summed E-state index contributed by atoms with van der Waals surface area (Å²) in [5, 5.41) is 4.09. The van der Waals surface area contributed by atoms with Crippen LogP contribution in [0.25, 0.3) is 11.5 Å². The summed E-state index contributed by atoms with van der Waals surface area (Å²) >= 11 is 1.81. The van der Waals surface area contributed by atoms with Gasteiger partial charge in [0.05, 0.1) is 5.54 Å². The van der Waals surface area contributed by atoms with Crippen LogP contribution >= 0.6 is 11.8 Å². The number of benzene rings is 1. The molecule has 0 aliphatic heterocycles. The summed E-state index contributed by atoms with van der Waals surface area (Å²) in [7, 11) is 0. The Bertz CT molecular complexity index is 573. The fourth-order valence-corrected chi connectivity index (χ4v) is 3.21. The molecule has 4 nitrogen and oxygen atoms in total. The molecule has 0 bridgehead atoms. The third-order valence-corrected chi connectivity index (χ3v) is 4.50. The molecule has 0 atom stereocenters. The third kappa shape index (κ3) is 2.60. The van der Waals surface area contributed by atoms with E-state index in [1.165, 1.54) is 5.56 Å². The SMILES string of the molecule is CSCc1ccc(-c2nc(C3(N)CCCC3)no2)cc1. The number of thioether (sulfide) groups is 1. The van der Waals surface area contributed by atoms with Gasteiger partial charge in [0.25, 0.3) is 5.89 Å². The lowest BCUT2D eigenvalue weighted by atomic mass is 9.99. The van der Waals surface area contributed by atoms with E-state index in [1.54, 1.807) is 0 Å². The van der Waals surface area contributed by atoms with Crippen molar-refractivity contribution >= 4 is 11.8 Å². The molecule has 5 heteroatoms. The third-order valence-electron chi connectivity index (χ3n) is 3.88. The van der Waals surface area contributed by atoms with E-state index in [1.807, 2.05) is 23.9 Å². The van der Waals surface area contributed by atoms with Crippen LogP contribution in [-0.4, -0.2) is 16.4 Å². The van der Waals surface area contributed by atoms with Crippen LogP contribution in [0.15, 0.2) is 28.8 Å². The number of rotatable bonds is 4. The standard InChI is InChI=1S/C15H19N3OS/c1-20-10-11-4-6-12(7-5-11)13-17-14(18-19-13)15(16)8-2-3-9-15/h4-7H,2-3,8-10,16H2,1H3. The molecule has 1 aromatic carbocycles. The highest BCUT2D eigenvalue weighted by atomic mass is 32.2. The lowest BCUT2D eigenvalue weighted by molar-refractivity contribution is 0.372. The van der Waals surface area contributed by atoms with Gasteiger partial charge in [-0.2, -0.15) is 16.7 Å². The van der Waals surface area contributed by atoms with Crippen LogP contribution in [-0.2, 0) is 11.3 Å². The largest absolute Gasteiger partial charge is 0.334 e. The van der Waals surface area contributed by atoms with Crippen LogP contribution in [0, 0.1) is 0 Å². The van der Waals surface area contributed by atoms with Crippen LogP contribution in [0.3, 0.4) is 0 Å². The zero-order chi connectivity index (χ0) is 14.0. The molecule has 2 N–H and O–H groups in total. The smallest absolute Gasteiger partial charge is 0.257 e. The maximum Gasteiger partial charge on any atom is 0.257 e. The van der Waals surface area contributed by atoms with E-state index in [-0.39, 0.29) is 5.54 Å². The molecule has 0 spiro atoms. The van der Waals surface area contributed by atoms with Crippen molar-refractivity contribution in [1.82, 2.24) is 10.1 Å². The minimum absolute atomic E-state index is 0.388. The Balaban J connectivity index is 1.82. The second-order valence-electron chi connectivity index (χ2n) is 5.42. The van der Waals surface area contributed by atoms with Crippen molar-refractivity contribution in [2.24, 2.45) is 5.73 Å². The van der Waals surface area contributed by atoms with Crippen molar-refractivity contribution in [2.45, 2.75) is 37.0 Å². The average Bonchev–Trinajstić information content (AvgIpc) is 3.10. The lowest BCUT2D eigenvalue weighted by Gasteiger charge is -2.17. The van der Waals surface area contributed by atoms with Crippen molar-refractivity contribution in [3.8, 4) is 11.5 Å². The average molecular weight is 289 g/mol. The van der Waals surface area contributed by atoms with Gasteiger partial charge < -0.3 is 10.3 Å². The number of nitrogens with zero attached hydrogens (tertiary/aromatic N) is 2. The molecular weight excluding hydrogens is 270 g/mol. The number of aromatic nitrogens is 2. The molecule has 0 saturated heterocycles. The van der Waals surface area contributed by atoms with Gasteiger partial charge in [0, 0.05) is 11.3 Å². The van der Waals surface area contributed by atoms with Gasteiger partial charge in [-0.05, 0) is 36.8 Å². The first-order valence-electron chi connectivity index (χ1n) is 6.93. The van der Waals surface area contributed by atoms with Crippen LogP contribution in [0.1, 0.15) is 37.1 Å². The van der Waals surface area contributed by atoms with E-state index < -0.39 is 0 Å². The monoisotopic (exact) mass is 289 g/mol. The van der Waals surface area contributed by atoms with Gasteiger partial charge in [-0.25, -0.2) is 0 Å². The first-order valence-corrected chi connectivity index (χ1v) is 8.32. The van der Waals surface area contributed by atoms with Gasteiger partial charge in [0.1, 0.15) is 0 Å². The maximum atomic E-state index is 6.35. The highest BCUT2D eigenvalue weighted by molar-refractivity contribution is 7.97. The first kappa shape index (κ1) is 13.6. The molecule has 1 fully saturated rings. The molecule has 1 saturated carbocycles. The molecule has 1 heterocycles. The van der Waals surface area contributed by atoms with Gasteiger partial charge >= 0.3 is 0 Å². The Kier molecular flexibility index (Phi) is 3.81. The Hall–Kier alpha value is -1.33. The van der Waals surface area contributed by atoms with E-state index in [0.717, 1.165) is 37.0 Å². The van der Waals surface area contributed by atoms with Gasteiger partial charge in [0.2, 0.25) is 0 Å². The van der Waals surface area contributed by atoms with Crippen molar-refractivity contribution < 1.29 is 4.52 Å². The van der Waals surface area contributed by atoms with E-state index in [4.69, 9.17) is 10.3 Å². The van der Waals surface area contributed by atoms with Crippen molar-refractivity contribution in [1.29, 1.82) is 0 Å². The zero-order valence-corrected chi connectivity index (χ0v) is 12.4. The molecule has 3 rings (SSSR count). The van der Waals surface area contributed by atoms with Gasteiger partial charge in [-0.15, -0.1) is 0 Å². The summed E-state index contributed by atoms with van der Waals surface area (Å²) in [4.78, 5) is 4.50. The topological polar surface area (TPSA) is 64.9 Å². The van der Waals surface area contributed by atoms with Gasteiger partial charge in [0.15, 0.2) is 5.82 Å². The summed E-state index contributed by atoms with van der Waals surface area (Å²) in [6.07, 6.45) is 6.27. The molecule has 1 aliphatic rings. The van der Waals surface area contributed by atoms with Crippen LogP contribution in [0.5, 0.6) is 0 Å². The first-order chi connectivity index (χ1) is 9.71. The Morgan fingerprint density at radius 1 is 1.25 bits per heavy atom. The second-order valence-corrected chi connectivity index (χ2v) is 6.28. The molecule has 0 unspecified atom stereocenters. The lowest BCUT2D eigenvalue weighted by Crippen LogP contribution is -2.34. The van der Waals surface area contributed by atoms with Crippen LogP contribution in [0.4, 0.5) is 0 Å². The number of hydrogen-bond acceptors (Lipinski definition) is 5. The summed E-state index contributed by atoms with van der Waals surface area (Å²) in [6, 6.07) is 8.26. The van der Waals surface area contributed by atoms with E-state index in [9.17, 15) is 0 Å². The molecule has 0 amide bonds.